The van der Waals surface area contributed by atoms with Gasteiger partial charge in [-0.3, -0.25) is 0 Å². The molecule has 1 radical (unpaired) electrons. The van der Waals surface area contributed by atoms with Gasteiger partial charge in [-0.15, -0.1) is 54.1 Å². The maximum Gasteiger partial charge on any atom is 0.131 e. The Hall–Kier alpha value is -4.29. The molecular weight excluding hydrogens is 831 g/mol. The van der Waals surface area contributed by atoms with Crippen LogP contribution in [0.3, 0.4) is 0 Å². The Morgan fingerprint density at radius 2 is 1.63 bits per heavy atom. The first-order valence-corrected chi connectivity index (χ1v) is 20.9. The van der Waals surface area contributed by atoms with Crippen LogP contribution in [0.1, 0.15) is 37.7 Å². The summed E-state index contributed by atoms with van der Waals surface area (Å²) >= 11 is 0. The van der Waals surface area contributed by atoms with Crippen molar-refractivity contribution in [1.82, 2.24) is 9.97 Å². The molecule has 0 aliphatic heterocycles. The second kappa shape index (κ2) is 15.9. The predicted molar refractivity (Wildman–Crippen MR) is 203 cm³/mol. The van der Waals surface area contributed by atoms with Gasteiger partial charge in [0.15, 0.2) is 0 Å². The van der Waals surface area contributed by atoms with Crippen LogP contribution in [0.15, 0.2) is 114 Å². The van der Waals surface area contributed by atoms with Gasteiger partial charge < -0.3 is 14.4 Å². The van der Waals surface area contributed by atoms with E-state index in [2.05, 4.69) is 66.0 Å². The van der Waals surface area contributed by atoms with E-state index in [9.17, 15) is 8.78 Å². The Kier molecular flexibility index (Phi) is 11.4. The molecule has 3 heterocycles. The zero-order valence-corrected chi connectivity index (χ0v) is 32.5. The van der Waals surface area contributed by atoms with Crippen molar-refractivity contribution in [3.05, 3.63) is 139 Å². The number of furan rings is 1. The largest absolute Gasteiger partial charge is 0.501 e. The van der Waals surface area contributed by atoms with Gasteiger partial charge in [0.05, 0.1) is 13.7 Å². The Morgan fingerprint density at radius 3 is 2.37 bits per heavy atom. The summed E-state index contributed by atoms with van der Waals surface area (Å²) < 4.78 is 34.3. The summed E-state index contributed by atoms with van der Waals surface area (Å²) in [6.07, 6.45) is 11.6. The van der Waals surface area contributed by atoms with E-state index in [1.165, 1.54) is 48.9 Å². The van der Waals surface area contributed by atoms with Gasteiger partial charge in [-0.1, -0.05) is 98.6 Å². The van der Waals surface area contributed by atoms with Gasteiger partial charge in [0.1, 0.15) is 17.2 Å². The topological polar surface area (TPSA) is 38.9 Å². The number of aromatic nitrogens is 2. The summed E-state index contributed by atoms with van der Waals surface area (Å²) in [7, 11) is -1.23. The summed E-state index contributed by atoms with van der Waals surface area (Å²) in [6.45, 7) is 7.00. The molecule has 4 aromatic carbocycles. The monoisotopic (exact) mass is 871 g/mol. The van der Waals surface area contributed by atoms with Crippen molar-refractivity contribution in [3.63, 3.8) is 0 Å². The van der Waals surface area contributed by atoms with Gasteiger partial charge >= 0.3 is 0 Å². The van der Waals surface area contributed by atoms with Gasteiger partial charge in [0.25, 0.3) is 0 Å². The molecule has 1 aliphatic carbocycles. The molecule has 51 heavy (non-hydrogen) atoms. The van der Waals surface area contributed by atoms with E-state index in [0.29, 0.717) is 16.7 Å². The maximum absolute atomic E-state index is 14.3. The zero-order valence-electron chi connectivity index (χ0n) is 29.1. The van der Waals surface area contributed by atoms with Crippen LogP contribution in [0.25, 0.3) is 55.6 Å². The Bertz CT molecular complexity index is 2240. The van der Waals surface area contributed by atoms with E-state index in [-0.39, 0.29) is 25.7 Å². The van der Waals surface area contributed by atoms with Gasteiger partial charge in [-0.2, -0.15) is 0 Å². The maximum atomic E-state index is 14.3. The van der Waals surface area contributed by atoms with Crippen molar-refractivity contribution < 1.29 is 33.3 Å². The van der Waals surface area contributed by atoms with Gasteiger partial charge in [0, 0.05) is 43.4 Å². The molecule has 3 nitrogen and oxygen atoms in total. The van der Waals surface area contributed by atoms with Crippen LogP contribution >= 0.6 is 0 Å². The first kappa shape index (κ1) is 36.5. The fraction of sp³-hybridized carbons (Fsp3) is 0.227. The number of halogens is 2. The molecule has 8 rings (SSSR count). The number of fused-ring (bicyclic) bond motifs is 3. The summed E-state index contributed by atoms with van der Waals surface area (Å²) in [5.74, 6) is -0.196. The Labute approximate surface area is 313 Å². The van der Waals surface area contributed by atoms with E-state index in [0.717, 1.165) is 57.8 Å². The number of nitrogens with zero attached hydrogens (tertiary/aromatic N) is 2. The third kappa shape index (κ3) is 8.44. The van der Waals surface area contributed by atoms with Gasteiger partial charge in [0.2, 0.25) is 0 Å². The standard InChI is InChI=1S/C30H24F2NO.C14H16NSi.Ir/c31-22-10-12-27(32)26(18-22)21-9-11-23-24-7-4-8-25(30(24)34-29(23)17-21)28-16-20(13-14-33-28)15-19-5-2-1-3-6-19;1-16(2,3)13-9-10-14(15-11-13)12-7-5-4-6-8-12;/h4,7,9-14,16-19H,1-3,5-6,15H2;4-7,9-11H,1-3H3;/q2*-1;. The number of hydrogen-bond acceptors (Lipinski definition) is 3. The first-order valence-electron chi connectivity index (χ1n) is 17.4. The molecule has 1 saturated carbocycles. The molecule has 261 valence electrons. The van der Waals surface area contributed by atoms with E-state index in [1.54, 1.807) is 12.1 Å². The van der Waals surface area contributed by atoms with E-state index < -0.39 is 19.7 Å². The summed E-state index contributed by atoms with van der Waals surface area (Å²) in [6, 6.07) is 35.8. The Morgan fingerprint density at radius 1 is 0.784 bits per heavy atom. The average molecular weight is 871 g/mol. The average Bonchev–Trinajstić information content (AvgIpc) is 3.52. The SMILES string of the molecule is C[Si](C)(C)c1ccc(-c2[c-]cccc2)nc1.Fc1ccc(F)c(-c2ccc3c(c2)oc2c(-c4cc(CC5CCCCC5)ccn4)[c-]ccc23)c1.[Ir]. The van der Waals surface area contributed by atoms with Gasteiger partial charge in [-0.25, -0.2) is 8.78 Å². The number of hydrogen-bond donors (Lipinski definition) is 0. The second-order valence-corrected chi connectivity index (χ2v) is 19.3. The van der Waals surface area contributed by atoms with Crippen LogP contribution in [0, 0.1) is 29.7 Å². The number of rotatable bonds is 6. The van der Waals surface area contributed by atoms with Crippen LogP contribution in [0.2, 0.25) is 19.6 Å². The second-order valence-electron chi connectivity index (χ2n) is 14.2. The van der Waals surface area contributed by atoms with Crippen molar-refractivity contribution in [2.24, 2.45) is 5.92 Å². The molecule has 0 amide bonds. The third-order valence-corrected chi connectivity index (χ3v) is 11.6. The molecule has 1 aliphatic rings. The fourth-order valence-corrected chi connectivity index (χ4v) is 7.87. The zero-order chi connectivity index (χ0) is 34.7. The van der Waals surface area contributed by atoms with Crippen LogP contribution in [-0.2, 0) is 26.5 Å². The van der Waals surface area contributed by atoms with E-state index in [1.807, 2.05) is 54.9 Å². The van der Waals surface area contributed by atoms with Crippen molar-refractivity contribution >= 4 is 35.2 Å². The van der Waals surface area contributed by atoms with Crippen LogP contribution < -0.4 is 5.19 Å². The summed E-state index contributed by atoms with van der Waals surface area (Å²) in [4.78, 5) is 9.15. The minimum absolute atomic E-state index is 0. The molecule has 0 saturated heterocycles. The van der Waals surface area contributed by atoms with Gasteiger partial charge in [-0.05, 0) is 64.8 Å². The molecule has 7 aromatic rings. The minimum atomic E-state index is -1.23. The third-order valence-electron chi connectivity index (χ3n) is 9.62. The van der Waals surface area contributed by atoms with Crippen molar-refractivity contribution in [3.8, 4) is 33.6 Å². The molecule has 0 spiro atoms. The van der Waals surface area contributed by atoms with Crippen molar-refractivity contribution in [1.29, 1.82) is 0 Å². The van der Waals surface area contributed by atoms with Crippen molar-refractivity contribution in [2.75, 3.05) is 0 Å². The summed E-state index contributed by atoms with van der Waals surface area (Å²) in [5.41, 5.74) is 7.13. The molecule has 7 heteroatoms. The molecular formula is C44H40F2IrN2OSi-2. The molecule has 0 N–H and O–H groups in total. The van der Waals surface area contributed by atoms with Crippen molar-refractivity contribution in [2.45, 2.75) is 58.2 Å². The quantitative estimate of drug-likeness (QED) is 0.123. The molecule has 0 atom stereocenters. The number of pyridine rings is 2. The minimum Gasteiger partial charge on any atom is -0.501 e. The fourth-order valence-electron chi connectivity index (χ4n) is 6.83. The molecule has 3 aromatic heterocycles. The van der Waals surface area contributed by atoms with Crippen LogP contribution in [0.4, 0.5) is 8.78 Å². The van der Waals surface area contributed by atoms with Crippen LogP contribution in [0.5, 0.6) is 0 Å². The molecule has 0 bridgehead atoms. The van der Waals surface area contributed by atoms with Crippen LogP contribution in [-0.4, -0.2) is 18.0 Å². The van der Waals surface area contributed by atoms with E-state index in [4.69, 9.17) is 4.42 Å². The molecule has 0 unspecified atom stereocenters. The number of benzene rings is 4. The Balaban J connectivity index is 0.000000222. The normalized spacial score (nSPS) is 13.4. The first-order chi connectivity index (χ1) is 24.2. The summed E-state index contributed by atoms with van der Waals surface area (Å²) in [5, 5.41) is 3.27. The molecule has 1 fully saturated rings. The predicted octanol–water partition coefficient (Wildman–Crippen LogP) is 11.6. The van der Waals surface area contributed by atoms with E-state index >= 15 is 0 Å². The smallest absolute Gasteiger partial charge is 0.131 e.